The Balaban J connectivity index is 1.82. The monoisotopic (exact) mass is 332 g/mol. The number of likely N-dealkylation sites (tertiary alicyclic amines) is 1. The van der Waals surface area contributed by atoms with Gasteiger partial charge in [0.05, 0.1) is 19.6 Å². The number of hydrogen-bond donors (Lipinski definition) is 1. The fourth-order valence-corrected chi connectivity index (χ4v) is 2.78. The molecule has 1 aliphatic heterocycles. The largest absolute Gasteiger partial charge is 0.469 e. The molecule has 24 heavy (non-hydrogen) atoms. The van der Waals surface area contributed by atoms with Gasteiger partial charge in [-0.3, -0.25) is 14.4 Å². The summed E-state index contributed by atoms with van der Waals surface area (Å²) in [6.07, 6.45) is 1.20. The number of piperidine rings is 1. The summed E-state index contributed by atoms with van der Waals surface area (Å²) in [6, 6.07) is 5.46. The first-order valence-electron chi connectivity index (χ1n) is 8.13. The van der Waals surface area contributed by atoms with Crippen LogP contribution in [0.5, 0.6) is 0 Å². The lowest BCUT2D eigenvalue weighted by molar-refractivity contribution is -0.148. The molecule has 0 spiro atoms. The van der Waals surface area contributed by atoms with E-state index in [4.69, 9.17) is 4.74 Å². The third kappa shape index (κ3) is 4.34. The van der Waals surface area contributed by atoms with Crippen LogP contribution in [-0.2, 0) is 14.3 Å². The molecule has 0 aliphatic carbocycles. The van der Waals surface area contributed by atoms with Crippen molar-refractivity contribution < 1.29 is 19.1 Å². The van der Waals surface area contributed by atoms with Crippen molar-refractivity contribution in [3.8, 4) is 0 Å². The van der Waals surface area contributed by atoms with Crippen molar-refractivity contribution in [3.63, 3.8) is 0 Å². The normalized spacial score (nSPS) is 15.0. The van der Waals surface area contributed by atoms with Crippen LogP contribution < -0.4 is 5.32 Å². The van der Waals surface area contributed by atoms with Crippen LogP contribution in [0.1, 0.15) is 34.3 Å². The Hall–Kier alpha value is -2.37. The summed E-state index contributed by atoms with van der Waals surface area (Å²) in [5.74, 6) is -0.735. The third-order valence-corrected chi connectivity index (χ3v) is 4.55. The highest BCUT2D eigenvalue weighted by atomic mass is 16.5. The van der Waals surface area contributed by atoms with Crippen LogP contribution in [0.3, 0.4) is 0 Å². The van der Waals surface area contributed by atoms with E-state index in [9.17, 15) is 14.4 Å². The van der Waals surface area contributed by atoms with Gasteiger partial charge >= 0.3 is 5.97 Å². The lowest BCUT2D eigenvalue weighted by atomic mass is 9.97. The van der Waals surface area contributed by atoms with Crippen LogP contribution in [0.25, 0.3) is 0 Å². The van der Waals surface area contributed by atoms with E-state index in [1.54, 1.807) is 11.0 Å². The number of aryl methyl sites for hydroxylation is 2. The van der Waals surface area contributed by atoms with Crippen molar-refractivity contribution in [1.82, 2.24) is 10.2 Å². The molecule has 1 heterocycles. The summed E-state index contributed by atoms with van der Waals surface area (Å²) in [5.41, 5.74) is 2.71. The molecule has 2 amide bonds. The molecule has 0 saturated carbocycles. The van der Waals surface area contributed by atoms with Crippen LogP contribution in [0.2, 0.25) is 0 Å². The summed E-state index contributed by atoms with van der Waals surface area (Å²) in [7, 11) is 1.38. The first-order chi connectivity index (χ1) is 11.4. The number of benzene rings is 1. The van der Waals surface area contributed by atoms with Crippen LogP contribution in [-0.4, -0.2) is 49.4 Å². The van der Waals surface area contributed by atoms with Gasteiger partial charge in [0, 0.05) is 18.7 Å². The van der Waals surface area contributed by atoms with Gasteiger partial charge in [0.15, 0.2) is 0 Å². The maximum Gasteiger partial charge on any atom is 0.308 e. The Kier molecular flexibility index (Phi) is 5.95. The fourth-order valence-electron chi connectivity index (χ4n) is 2.78. The van der Waals surface area contributed by atoms with Crippen molar-refractivity contribution in [2.24, 2.45) is 5.92 Å². The second-order valence-electron chi connectivity index (χ2n) is 6.16. The molecule has 1 saturated heterocycles. The first-order valence-corrected chi connectivity index (χ1v) is 8.13. The molecular weight excluding hydrogens is 308 g/mol. The zero-order valence-corrected chi connectivity index (χ0v) is 14.4. The molecule has 6 heteroatoms. The minimum Gasteiger partial charge on any atom is -0.469 e. The lowest BCUT2D eigenvalue weighted by Gasteiger charge is -2.30. The number of carbonyl (C=O) groups is 3. The topological polar surface area (TPSA) is 75.7 Å². The van der Waals surface area contributed by atoms with E-state index in [1.165, 1.54) is 7.11 Å². The van der Waals surface area contributed by atoms with Gasteiger partial charge in [0.2, 0.25) is 5.91 Å². The van der Waals surface area contributed by atoms with Crippen molar-refractivity contribution >= 4 is 17.8 Å². The Morgan fingerprint density at radius 1 is 1.17 bits per heavy atom. The molecule has 130 valence electrons. The maximum absolute atomic E-state index is 12.2. The van der Waals surface area contributed by atoms with Gasteiger partial charge in [-0.15, -0.1) is 0 Å². The van der Waals surface area contributed by atoms with Crippen molar-refractivity contribution in [1.29, 1.82) is 0 Å². The predicted molar refractivity (Wildman–Crippen MR) is 89.6 cm³/mol. The van der Waals surface area contributed by atoms with E-state index < -0.39 is 0 Å². The zero-order valence-electron chi connectivity index (χ0n) is 14.4. The maximum atomic E-state index is 12.2. The molecule has 1 aliphatic rings. The molecular formula is C18H24N2O4. The van der Waals surface area contributed by atoms with Gasteiger partial charge in [-0.1, -0.05) is 6.07 Å². The molecule has 2 rings (SSSR count). The highest BCUT2D eigenvalue weighted by Crippen LogP contribution is 2.18. The second kappa shape index (κ2) is 7.95. The third-order valence-electron chi connectivity index (χ3n) is 4.55. The molecule has 1 aromatic rings. The minimum absolute atomic E-state index is 0.0331. The number of methoxy groups -OCH3 is 1. The molecule has 1 N–H and O–H groups in total. The lowest BCUT2D eigenvalue weighted by Crippen LogP contribution is -2.45. The zero-order chi connectivity index (χ0) is 17.7. The molecule has 0 atom stereocenters. The quantitative estimate of drug-likeness (QED) is 0.847. The van der Waals surface area contributed by atoms with E-state index >= 15 is 0 Å². The number of nitrogens with zero attached hydrogens (tertiary/aromatic N) is 1. The summed E-state index contributed by atoms with van der Waals surface area (Å²) in [6.45, 7) is 4.92. The predicted octanol–water partition coefficient (Wildman–Crippen LogP) is 1.44. The van der Waals surface area contributed by atoms with E-state index in [0.717, 1.165) is 11.1 Å². The summed E-state index contributed by atoms with van der Waals surface area (Å²) in [4.78, 5) is 37.5. The summed E-state index contributed by atoms with van der Waals surface area (Å²) < 4.78 is 4.73. The molecule has 0 unspecified atom stereocenters. The smallest absolute Gasteiger partial charge is 0.308 e. The average molecular weight is 332 g/mol. The number of carbonyl (C=O) groups excluding carboxylic acids is 3. The number of hydrogen-bond acceptors (Lipinski definition) is 4. The first kappa shape index (κ1) is 18.0. The standard InChI is InChI=1S/C18H24N2O4/c1-12-4-5-15(10-13(12)2)17(22)19-11-16(21)20-8-6-14(7-9-20)18(23)24-3/h4-5,10,14H,6-9,11H2,1-3H3,(H,19,22). The second-order valence-corrected chi connectivity index (χ2v) is 6.16. The fraction of sp³-hybridized carbons (Fsp3) is 0.500. The molecule has 1 fully saturated rings. The van der Waals surface area contributed by atoms with Crippen LogP contribution in [0.4, 0.5) is 0 Å². The Bertz CT molecular complexity index is 634. The minimum atomic E-state index is -0.254. The summed E-state index contributed by atoms with van der Waals surface area (Å²) in [5, 5.41) is 2.67. The Morgan fingerprint density at radius 3 is 2.42 bits per heavy atom. The van der Waals surface area contributed by atoms with Crippen LogP contribution in [0.15, 0.2) is 18.2 Å². The Morgan fingerprint density at radius 2 is 1.83 bits per heavy atom. The number of ether oxygens (including phenoxy) is 1. The van der Waals surface area contributed by atoms with Crippen LogP contribution >= 0.6 is 0 Å². The highest BCUT2D eigenvalue weighted by Gasteiger charge is 2.27. The molecule has 0 aromatic heterocycles. The number of rotatable bonds is 4. The van der Waals surface area contributed by atoms with Gasteiger partial charge in [-0.25, -0.2) is 0 Å². The highest BCUT2D eigenvalue weighted by molar-refractivity contribution is 5.96. The van der Waals surface area contributed by atoms with E-state index in [-0.39, 0.29) is 30.2 Å². The van der Waals surface area contributed by atoms with E-state index in [2.05, 4.69) is 5.32 Å². The van der Waals surface area contributed by atoms with Gasteiger partial charge in [0.1, 0.15) is 0 Å². The Labute approximate surface area is 142 Å². The van der Waals surface area contributed by atoms with Crippen LogP contribution in [0, 0.1) is 19.8 Å². The average Bonchev–Trinajstić information content (AvgIpc) is 2.61. The van der Waals surface area contributed by atoms with Gasteiger partial charge in [-0.05, 0) is 49.9 Å². The number of nitrogens with one attached hydrogen (secondary N) is 1. The number of amides is 2. The SMILES string of the molecule is COC(=O)C1CCN(C(=O)CNC(=O)c2ccc(C)c(C)c2)CC1. The van der Waals surface area contributed by atoms with Gasteiger partial charge in [-0.2, -0.15) is 0 Å². The molecule has 6 nitrogen and oxygen atoms in total. The molecule has 0 radical (unpaired) electrons. The van der Waals surface area contributed by atoms with Crippen molar-refractivity contribution in [3.05, 3.63) is 34.9 Å². The molecule has 1 aromatic carbocycles. The van der Waals surface area contributed by atoms with Gasteiger partial charge in [0.25, 0.3) is 5.91 Å². The number of esters is 1. The van der Waals surface area contributed by atoms with E-state index in [0.29, 0.717) is 31.5 Å². The van der Waals surface area contributed by atoms with E-state index in [1.807, 2.05) is 26.0 Å². The van der Waals surface area contributed by atoms with Crippen molar-refractivity contribution in [2.45, 2.75) is 26.7 Å². The van der Waals surface area contributed by atoms with Crippen molar-refractivity contribution in [2.75, 3.05) is 26.7 Å². The molecule has 0 bridgehead atoms. The van der Waals surface area contributed by atoms with Gasteiger partial charge < -0.3 is 15.0 Å². The summed E-state index contributed by atoms with van der Waals surface area (Å²) >= 11 is 0.